The quantitative estimate of drug-likeness (QED) is 0.636. The van der Waals surface area contributed by atoms with Crippen LogP contribution >= 0.6 is 11.6 Å². The minimum Gasteiger partial charge on any atom is -0.491 e. The van der Waals surface area contributed by atoms with Gasteiger partial charge in [-0.1, -0.05) is 23.7 Å². The van der Waals surface area contributed by atoms with Crippen molar-refractivity contribution in [3.63, 3.8) is 0 Å². The molecule has 1 fully saturated rings. The van der Waals surface area contributed by atoms with Crippen LogP contribution in [0, 0.1) is 6.92 Å². The molecule has 1 saturated heterocycles. The summed E-state index contributed by atoms with van der Waals surface area (Å²) in [5.41, 5.74) is 0.959. The Balaban J connectivity index is 1.25. The average Bonchev–Trinajstić information content (AvgIpc) is 3.16. The van der Waals surface area contributed by atoms with Crippen LogP contribution in [0.15, 0.2) is 48.7 Å². The second kappa shape index (κ2) is 8.58. The lowest BCUT2D eigenvalue weighted by molar-refractivity contribution is 0.200. The topological polar surface area (TPSA) is 59.3 Å². The lowest BCUT2D eigenvalue weighted by Crippen LogP contribution is -2.47. The Bertz CT molecular complexity index is 905. The number of ether oxygens (including phenoxy) is 1. The monoisotopic (exact) mass is 398 g/mol. The Morgan fingerprint density at radius 1 is 0.964 bits per heavy atom. The molecule has 1 aliphatic rings. The van der Waals surface area contributed by atoms with Crippen LogP contribution < -0.4 is 9.64 Å². The second-order valence-corrected chi connectivity index (χ2v) is 7.17. The summed E-state index contributed by atoms with van der Waals surface area (Å²) in [6, 6.07) is 13.5. The Labute approximate surface area is 169 Å². The molecule has 0 amide bonds. The molecule has 0 unspecified atom stereocenters. The molecule has 146 valence electrons. The zero-order valence-corrected chi connectivity index (χ0v) is 16.6. The third kappa shape index (κ3) is 4.43. The fourth-order valence-corrected chi connectivity index (χ4v) is 3.39. The van der Waals surface area contributed by atoms with Gasteiger partial charge in [-0.3, -0.25) is 4.90 Å². The highest BCUT2D eigenvalue weighted by Crippen LogP contribution is 2.23. The predicted octanol–water partition coefficient (Wildman–Crippen LogP) is 2.83. The maximum absolute atomic E-state index is 6.12. The van der Waals surface area contributed by atoms with Crippen LogP contribution in [-0.4, -0.2) is 64.2 Å². The Kier molecular flexibility index (Phi) is 5.73. The Morgan fingerprint density at radius 3 is 2.39 bits per heavy atom. The number of benzene rings is 1. The van der Waals surface area contributed by atoms with Gasteiger partial charge in [0.25, 0.3) is 0 Å². The summed E-state index contributed by atoms with van der Waals surface area (Å²) in [4.78, 5) is 4.65. The molecule has 0 radical (unpaired) electrons. The molecule has 3 aromatic rings. The number of anilines is 1. The van der Waals surface area contributed by atoms with Crippen molar-refractivity contribution in [3.8, 4) is 11.6 Å². The van der Waals surface area contributed by atoms with Crippen LogP contribution in [0.25, 0.3) is 5.82 Å². The molecule has 1 aromatic carbocycles. The number of aryl methyl sites for hydroxylation is 1. The molecule has 3 heterocycles. The van der Waals surface area contributed by atoms with Gasteiger partial charge in [0.1, 0.15) is 12.4 Å². The highest BCUT2D eigenvalue weighted by molar-refractivity contribution is 6.32. The van der Waals surface area contributed by atoms with Crippen molar-refractivity contribution >= 4 is 17.4 Å². The molecule has 0 bridgehead atoms. The van der Waals surface area contributed by atoms with Crippen molar-refractivity contribution in [3.05, 3.63) is 59.4 Å². The van der Waals surface area contributed by atoms with E-state index in [9.17, 15) is 0 Å². The fourth-order valence-electron chi connectivity index (χ4n) is 3.20. The lowest BCUT2D eigenvalue weighted by atomic mass is 10.3. The molecule has 0 atom stereocenters. The second-order valence-electron chi connectivity index (χ2n) is 6.76. The van der Waals surface area contributed by atoms with Crippen LogP contribution in [-0.2, 0) is 0 Å². The Morgan fingerprint density at radius 2 is 1.71 bits per heavy atom. The van der Waals surface area contributed by atoms with Crippen molar-refractivity contribution < 1.29 is 4.74 Å². The third-order valence-corrected chi connectivity index (χ3v) is 5.10. The van der Waals surface area contributed by atoms with Gasteiger partial charge < -0.3 is 9.64 Å². The molecule has 0 aliphatic carbocycles. The van der Waals surface area contributed by atoms with E-state index < -0.39 is 0 Å². The summed E-state index contributed by atoms with van der Waals surface area (Å²) >= 11 is 6.12. The van der Waals surface area contributed by atoms with Gasteiger partial charge in [-0.25, -0.2) is 4.68 Å². The molecule has 0 N–H and O–H groups in total. The highest BCUT2D eigenvalue weighted by atomic mass is 35.5. The summed E-state index contributed by atoms with van der Waals surface area (Å²) in [6.07, 6.45) is 1.89. The highest BCUT2D eigenvalue weighted by Gasteiger charge is 2.18. The van der Waals surface area contributed by atoms with E-state index in [2.05, 4.69) is 25.1 Å². The number of hydrogen-bond donors (Lipinski definition) is 0. The summed E-state index contributed by atoms with van der Waals surface area (Å²) in [7, 11) is 0. The van der Waals surface area contributed by atoms with Crippen molar-refractivity contribution in [1.82, 2.24) is 24.9 Å². The largest absolute Gasteiger partial charge is 0.491 e. The van der Waals surface area contributed by atoms with E-state index >= 15 is 0 Å². The smallest absolute Gasteiger partial charge is 0.175 e. The molecule has 7 nitrogen and oxygen atoms in total. The molecular formula is C20H23ClN6O. The number of piperazine rings is 1. The SMILES string of the molecule is Cc1ccn(-c2ccc(N3CCN(CCOc4ccccc4Cl)CC3)nn2)n1. The maximum Gasteiger partial charge on any atom is 0.175 e. The maximum atomic E-state index is 6.12. The third-order valence-electron chi connectivity index (χ3n) is 4.79. The van der Waals surface area contributed by atoms with E-state index in [0.29, 0.717) is 11.6 Å². The summed E-state index contributed by atoms with van der Waals surface area (Å²) < 4.78 is 7.53. The van der Waals surface area contributed by atoms with Crippen molar-refractivity contribution in [2.24, 2.45) is 0 Å². The van der Waals surface area contributed by atoms with Crippen LogP contribution in [0.5, 0.6) is 5.75 Å². The first-order chi connectivity index (χ1) is 13.7. The summed E-state index contributed by atoms with van der Waals surface area (Å²) in [5, 5.41) is 13.7. The van der Waals surface area contributed by atoms with Crippen LogP contribution in [0.3, 0.4) is 0 Å². The standard InChI is InChI=1S/C20H23ClN6O/c1-16-8-9-27(24-16)20-7-6-19(22-23-20)26-12-10-25(11-13-26)14-15-28-18-5-3-2-4-17(18)21/h2-9H,10-15H2,1H3. The van der Waals surface area contributed by atoms with Gasteiger partial charge in [-0.15, -0.1) is 10.2 Å². The Hall–Kier alpha value is -2.64. The zero-order chi connectivity index (χ0) is 19.3. The normalized spacial score (nSPS) is 15.0. The van der Waals surface area contributed by atoms with E-state index in [1.807, 2.05) is 55.6 Å². The molecule has 1 aliphatic heterocycles. The first-order valence-corrected chi connectivity index (χ1v) is 9.78. The molecular weight excluding hydrogens is 376 g/mol. The number of rotatable bonds is 6. The average molecular weight is 399 g/mol. The van der Waals surface area contributed by atoms with Gasteiger partial charge in [0.05, 0.1) is 10.7 Å². The molecule has 0 saturated carbocycles. The van der Waals surface area contributed by atoms with E-state index in [-0.39, 0.29) is 0 Å². The number of nitrogens with zero attached hydrogens (tertiary/aromatic N) is 6. The minimum atomic E-state index is 0.627. The molecule has 8 heteroatoms. The van der Waals surface area contributed by atoms with Crippen LogP contribution in [0.4, 0.5) is 5.82 Å². The van der Waals surface area contributed by atoms with Crippen LogP contribution in [0.2, 0.25) is 5.02 Å². The molecule has 28 heavy (non-hydrogen) atoms. The molecule has 2 aromatic heterocycles. The van der Waals surface area contributed by atoms with E-state index in [4.69, 9.17) is 16.3 Å². The fraction of sp³-hybridized carbons (Fsp3) is 0.350. The summed E-state index contributed by atoms with van der Waals surface area (Å²) in [6.45, 7) is 7.23. The number of hydrogen-bond acceptors (Lipinski definition) is 6. The van der Waals surface area contributed by atoms with E-state index in [0.717, 1.165) is 55.8 Å². The van der Waals surface area contributed by atoms with Gasteiger partial charge in [-0.05, 0) is 37.3 Å². The number of aromatic nitrogens is 4. The molecule has 0 spiro atoms. The van der Waals surface area contributed by atoms with E-state index in [1.165, 1.54) is 0 Å². The lowest BCUT2D eigenvalue weighted by Gasteiger charge is -2.35. The van der Waals surface area contributed by atoms with E-state index in [1.54, 1.807) is 4.68 Å². The number of halogens is 1. The summed E-state index contributed by atoms with van der Waals surface area (Å²) in [5.74, 6) is 2.37. The van der Waals surface area contributed by atoms with Gasteiger partial charge in [0.15, 0.2) is 11.6 Å². The minimum absolute atomic E-state index is 0.627. The van der Waals surface area contributed by atoms with Crippen LogP contribution in [0.1, 0.15) is 5.69 Å². The van der Waals surface area contributed by atoms with Gasteiger partial charge in [0, 0.05) is 38.9 Å². The van der Waals surface area contributed by atoms with Gasteiger partial charge in [0.2, 0.25) is 0 Å². The molecule has 4 rings (SSSR count). The van der Waals surface area contributed by atoms with Crippen molar-refractivity contribution in [2.75, 3.05) is 44.2 Å². The van der Waals surface area contributed by atoms with Crippen molar-refractivity contribution in [1.29, 1.82) is 0 Å². The first-order valence-electron chi connectivity index (χ1n) is 9.40. The number of para-hydroxylation sites is 1. The first kappa shape index (κ1) is 18.7. The van der Waals surface area contributed by atoms with Gasteiger partial charge >= 0.3 is 0 Å². The van der Waals surface area contributed by atoms with Gasteiger partial charge in [-0.2, -0.15) is 5.10 Å². The predicted molar refractivity (Wildman–Crippen MR) is 109 cm³/mol. The van der Waals surface area contributed by atoms with Crippen molar-refractivity contribution in [2.45, 2.75) is 6.92 Å². The zero-order valence-electron chi connectivity index (χ0n) is 15.8.